The zero-order chi connectivity index (χ0) is 19.1. The van der Waals surface area contributed by atoms with Crippen LogP contribution in [0.25, 0.3) is 0 Å². The first kappa shape index (κ1) is 18.9. The summed E-state index contributed by atoms with van der Waals surface area (Å²) < 4.78 is 26.9. The molecule has 0 spiro atoms. The largest absolute Gasteiger partial charge is 0.364 e. The van der Waals surface area contributed by atoms with Crippen LogP contribution in [-0.4, -0.2) is 27.3 Å². The minimum absolute atomic E-state index is 0.126. The van der Waals surface area contributed by atoms with Gasteiger partial charge in [-0.25, -0.2) is 0 Å². The van der Waals surface area contributed by atoms with Crippen LogP contribution in [0, 0.1) is 17.3 Å². The highest BCUT2D eigenvalue weighted by Crippen LogP contribution is 2.54. The minimum atomic E-state index is -0.887. The van der Waals surface area contributed by atoms with Crippen molar-refractivity contribution in [2.24, 2.45) is 11.1 Å². The van der Waals surface area contributed by atoms with Crippen LogP contribution in [0.4, 0.5) is 14.5 Å². The van der Waals surface area contributed by atoms with E-state index in [1.54, 1.807) is 0 Å². The van der Waals surface area contributed by atoms with Gasteiger partial charge in [-0.2, -0.15) is 13.8 Å². The van der Waals surface area contributed by atoms with Crippen molar-refractivity contribution in [2.45, 2.75) is 58.0 Å². The van der Waals surface area contributed by atoms with Crippen molar-refractivity contribution in [3.05, 3.63) is 34.6 Å². The molecule has 3 rings (SSSR count). The van der Waals surface area contributed by atoms with Gasteiger partial charge in [0, 0.05) is 28.8 Å². The highest BCUT2D eigenvalue weighted by atomic mass is 32.2. The number of allylic oxidation sites excluding steroid dienone is 1. The molecular weight excluding hydrogens is 358 g/mol. The number of primary amides is 1. The van der Waals surface area contributed by atoms with E-state index in [1.165, 1.54) is 11.8 Å². The lowest BCUT2D eigenvalue weighted by atomic mass is 9.60. The monoisotopic (exact) mass is 382 g/mol. The second-order valence-electron chi connectivity index (χ2n) is 6.92. The third kappa shape index (κ3) is 3.15. The fourth-order valence-electron chi connectivity index (χ4n) is 4.18. The summed E-state index contributed by atoms with van der Waals surface area (Å²) in [5, 5.41) is 3.14. The average Bonchev–Trinajstić information content (AvgIpc) is 2.83. The van der Waals surface area contributed by atoms with E-state index in [-0.39, 0.29) is 22.6 Å². The highest BCUT2D eigenvalue weighted by Gasteiger charge is 2.52. The number of nitrogens with zero attached hydrogens (tertiary/aromatic N) is 2. The Labute approximate surface area is 156 Å². The van der Waals surface area contributed by atoms with Crippen LogP contribution in [-0.2, 0) is 4.79 Å². The topological polar surface area (TPSA) is 71.2 Å². The van der Waals surface area contributed by atoms with Gasteiger partial charge in [0.05, 0.1) is 0 Å². The first-order valence-electron chi connectivity index (χ1n) is 8.86. The summed E-state index contributed by atoms with van der Waals surface area (Å²) in [5.41, 5.74) is 6.23. The Balaban J connectivity index is 1.93. The second-order valence-corrected chi connectivity index (χ2v) is 8.21. The molecule has 142 valence electrons. The van der Waals surface area contributed by atoms with Crippen molar-refractivity contribution in [3.8, 4) is 0 Å². The van der Waals surface area contributed by atoms with Gasteiger partial charge in [-0.05, 0) is 38.0 Å². The second kappa shape index (κ2) is 7.06. The summed E-state index contributed by atoms with van der Waals surface area (Å²) in [6, 6.07) is 2.46. The maximum atomic E-state index is 13.5. The molecule has 2 atom stereocenters. The van der Waals surface area contributed by atoms with Crippen molar-refractivity contribution in [2.75, 3.05) is 5.32 Å². The number of halogens is 2. The van der Waals surface area contributed by atoms with Gasteiger partial charge in [0.2, 0.25) is 11.9 Å². The molecule has 1 aromatic heterocycles. The molecule has 1 amide bonds. The number of aromatic nitrogens is 1. The molecule has 2 heterocycles. The number of amides is 1. The molecule has 26 heavy (non-hydrogen) atoms. The van der Waals surface area contributed by atoms with Crippen LogP contribution in [0.15, 0.2) is 22.7 Å². The lowest BCUT2D eigenvalue weighted by Gasteiger charge is -2.55. The summed E-state index contributed by atoms with van der Waals surface area (Å²) in [5.74, 6) is -2.25. The molecule has 0 aromatic carbocycles. The number of anilines is 1. The minimum Gasteiger partial charge on any atom is -0.364 e. The number of pyridine rings is 1. The number of rotatable bonds is 6. The number of hydrogen-bond donors (Lipinski definition) is 2. The standard InChI is InChI=1S/C18H24F2N4OS/c1-4-18(5-2)7-6-12(18)24-15(16(21)25)10(3)26-17(24)22-11-8-13(19)23-14(20)9-11/h8-9,12,17H,4-7H2,1-3H3,(H2,21,25)(H,22,23). The highest BCUT2D eigenvalue weighted by molar-refractivity contribution is 8.04. The van der Waals surface area contributed by atoms with Crippen LogP contribution >= 0.6 is 11.8 Å². The predicted molar refractivity (Wildman–Crippen MR) is 98.9 cm³/mol. The fraction of sp³-hybridized carbons (Fsp3) is 0.556. The zero-order valence-corrected chi connectivity index (χ0v) is 16.0. The number of thioether (sulfide) groups is 1. The summed E-state index contributed by atoms with van der Waals surface area (Å²) in [6.07, 6.45) is 4.07. The molecule has 0 saturated heterocycles. The van der Waals surface area contributed by atoms with E-state index in [4.69, 9.17) is 5.73 Å². The lowest BCUT2D eigenvalue weighted by Crippen LogP contribution is -2.58. The van der Waals surface area contributed by atoms with Crippen LogP contribution in [0.3, 0.4) is 0 Å². The molecule has 8 heteroatoms. The van der Waals surface area contributed by atoms with Crippen molar-refractivity contribution in [1.29, 1.82) is 0 Å². The quantitative estimate of drug-likeness (QED) is 0.733. The van der Waals surface area contributed by atoms with Gasteiger partial charge in [0.25, 0.3) is 5.91 Å². The molecule has 1 fully saturated rings. The number of hydrogen-bond acceptors (Lipinski definition) is 5. The van der Waals surface area contributed by atoms with Crippen LogP contribution in [0.1, 0.15) is 46.5 Å². The average molecular weight is 382 g/mol. The third-order valence-corrected chi connectivity index (χ3v) is 6.90. The van der Waals surface area contributed by atoms with Gasteiger partial charge < -0.3 is 16.0 Å². The van der Waals surface area contributed by atoms with Crippen LogP contribution in [0.2, 0.25) is 0 Å². The van der Waals surface area contributed by atoms with E-state index < -0.39 is 17.8 Å². The summed E-state index contributed by atoms with van der Waals surface area (Å²) in [6.45, 7) is 6.18. The van der Waals surface area contributed by atoms with Crippen molar-refractivity contribution in [3.63, 3.8) is 0 Å². The van der Waals surface area contributed by atoms with Crippen LogP contribution < -0.4 is 11.1 Å². The molecule has 2 unspecified atom stereocenters. The third-order valence-electron chi connectivity index (χ3n) is 5.79. The SMILES string of the molecule is CCC1(CC)CCC1N1C(C(N)=O)=C(C)SC1Nc1cc(F)nc(F)c1. The van der Waals surface area contributed by atoms with Crippen molar-refractivity contribution >= 4 is 23.4 Å². The first-order chi connectivity index (χ1) is 12.3. The molecule has 1 saturated carbocycles. The zero-order valence-electron chi connectivity index (χ0n) is 15.2. The Morgan fingerprint density at radius 2 is 2.00 bits per heavy atom. The van der Waals surface area contributed by atoms with Gasteiger partial charge in [-0.15, -0.1) is 0 Å². The number of nitrogens with two attached hydrogens (primary N) is 1. The summed E-state index contributed by atoms with van der Waals surface area (Å²) >= 11 is 1.44. The van der Waals surface area contributed by atoms with Crippen molar-refractivity contribution in [1.82, 2.24) is 9.88 Å². The number of carbonyl (C=O) groups is 1. The Kier molecular flexibility index (Phi) is 5.14. The Morgan fingerprint density at radius 3 is 2.46 bits per heavy atom. The van der Waals surface area contributed by atoms with E-state index >= 15 is 0 Å². The molecule has 1 aliphatic carbocycles. The van der Waals surface area contributed by atoms with Gasteiger partial charge in [0.15, 0.2) is 5.50 Å². The van der Waals surface area contributed by atoms with Gasteiger partial charge >= 0.3 is 0 Å². The molecule has 0 radical (unpaired) electrons. The van der Waals surface area contributed by atoms with Gasteiger partial charge in [-0.3, -0.25) is 4.79 Å². The molecule has 0 bridgehead atoms. The Bertz CT molecular complexity index is 725. The molecular formula is C18H24F2N4OS. The normalized spacial score (nSPS) is 24.6. The number of nitrogens with one attached hydrogen (secondary N) is 1. The maximum Gasteiger partial charge on any atom is 0.265 e. The van der Waals surface area contributed by atoms with Gasteiger partial charge in [0.1, 0.15) is 5.70 Å². The number of carbonyl (C=O) groups excluding carboxylic acids is 1. The smallest absolute Gasteiger partial charge is 0.265 e. The van der Waals surface area contributed by atoms with Crippen LogP contribution in [0.5, 0.6) is 0 Å². The van der Waals surface area contributed by atoms with Gasteiger partial charge in [-0.1, -0.05) is 25.6 Å². The van der Waals surface area contributed by atoms with E-state index in [0.717, 1.165) is 42.7 Å². The molecule has 5 nitrogen and oxygen atoms in total. The fourth-order valence-corrected chi connectivity index (χ4v) is 5.39. The molecule has 1 aromatic rings. The Hall–Kier alpha value is -1.83. The lowest BCUT2D eigenvalue weighted by molar-refractivity contribution is -0.118. The maximum absolute atomic E-state index is 13.5. The molecule has 2 aliphatic rings. The van der Waals surface area contributed by atoms with Crippen molar-refractivity contribution < 1.29 is 13.6 Å². The predicted octanol–water partition coefficient (Wildman–Crippen LogP) is 3.79. The van der Waals surface area contributed by atoms with E-state index in [2.05, 4.69) is 24.1 Å². The van der Waals surface area contributed by atoms with E-state index in [9.17, 15) is 13.6 Å². The van der Waals surface area contributed by atoms with E-state index in [0.29, 0.717) is 5.70 Å². The molecule has 1 aliphatic heterocycles. The molecule has 3 N–H and O–H groups in total. The Morgan fingerprint density at radius 1 is 1.38 bits per heavy atom. The first-order valence-corrected chi connectivity index (χ1v) is 9.74. The summed E-state index contributed by atoms with van der Waals surface area (Å²) in [4.78, 5) is 18.1. The summed E-state index contributed by atoms with van der Waals surface area (Å²) in [7, 11) is 0. The van der Waals surface area contributed by atoms with E-state index in [1.807, 2.05) is 11.8 Å².